The van der Waals surface area contributed by atoms with Gasteiger partial charge < -0.3 is 5.11 Å². The maximum absolute atomic E-state index is 8.63. The Bertz CT molecular complexity index is 198. The van der Waals surface area contributed by atoms with E-state index in [1.165, 1.54) is 0 Å². The summed E-state index contributed by atoms with van der Waals surface area (Å²) < 4.78 is 0. The summed E-state index contributed by atoms with van der Waals surface area (Å²) in [4.78, 5) is 0. The molecule has 0 spiro atoms. The molecule has 0 aliphatic carbocycles. The Morgan fingerprint density at radius 2 is 2.30 bits per heavy atom. The Morgan fingerprint density at radius 1 is 1.60 bits per heavy atom. The summed E-state index contributed by atoms with van der Waals surface area (Å²) in [6, 6.07) is 8.60. The summed E-state index contributed by atoms with van der Waals surface area (Å²) in [6.45, 7) is 2.08. The van der Waals surface area contributed by atoms with Gasteiger partial charge in [0.25, 0.3) is 0 Å². The first-order valence-electron chi connectivity index (χ1n) is 2.91. The molecule has 0 fully saturated rings. The van der Waals surface area contributed by atoms with Crippen molar-refractivity contribution in [1.82, 2.24) is 0 Å². The fourth-order valence-corrected chi connectivity index (χ4v) is 0.736. The van der Waals surface area contributed by atoms with Crippen LogP contribution in [0.1, 0.15) is 11.1 Å². The van der Waals surface area contributed by atoms with Crippen molar-refractivity contribution in [3.63, 3.8) is 0 Å². The third kappa shape index (κ3) is 2.91. The Balaban J connectivity index is 0.000000810. The minimum atomic E-state index is 0. The van der Waals surface area contributed by atoms with Gasteiger partial charge in [0.05, 0.1) is 0 Å². The molecule has 0 bridgehead atoms. The van der Waals surface area contributed by atoms with Crippen LogP contribution < -0.4 is 0 Å². The van der Waals surface area contributed by atoms with Gasteiger partial charge in [-0.15, -0.1) is 5.56 Å². The third-order valence-corrected chi connectivity index (χ3v) is 1.19. The maximum atomic E-state index is 8.63. The molecule has 1 rings (SSSR count). The largest absolute Gasteiger partial charge is 0.394 e. The van der Waals surface area contributed by atoms with Gasteiger partial charge in [-0.25, -0.2) is 0 Å². The van der Waals surface area contributed by atoms with Crippen molar-refractivity contribution in [2.45, 2.75) is 13.5 Å². The molecule has 0 atom stereocenters. The predicted molar refractivity (Wildman–Crippen MR) is 35.9 cm³/mol. The standard InChI is InChI=1S/C8H9O.Y/c1-7-3-2-4-8(5-7)6-9;/h2-3,5,9H,6H2,1H3;/q-1;. The van der Waals surface area contributed by atoms with Crippen LogP contribution in [0.2, 0.25) is 0 Å². The third-order valence-electron chi connectivity index (χ3n) is 1.19. The second-order valence-corrected chi connectivity index (χ2v) is 2.05. The minimum Gasteiger partial charge on any atom is -0.394 e. The molecule has 10 heavy (non-hydrogen) atoms. The zero-order chi connectivity index (χ0) is 6.69. The van der Waals surface area contributed by atoms with Crippen molar-refractivity contribution in [2.24, 2.45) is 0 Å². The van der Waals surface area contributed by atoms with Crippen LogP contribution in [0.5, 0.6) is 0 Å². The number of aliphatic hydroxyl groups is 1. The van der Waals surface area contributed by atoms with Crippen LogP contribution in [-0.4, -0.2) is 5.11 Å². The first kappa shape index (κ1) is 10.3. The van der Waals surface area contributed by atoms with Gasteiger partial charge in [-0.1, -0.05) is 6.92 Å². The predicted octanol–water partition coefficient (Wildman–Crippen LogP) is 1.29. The van der Waals surface area contributed by atoms with Crippen LogP contribution >= 0.6 is 0 Å². The monoisotopic (exact) mass is 210 g/mol. The quantitative estimate of drug-likeness (QED) is 0.692. The number of hydrogen-bond acceptors (Lipinski definition) is 1. The number of hydrogen-bond donors (Lipinski definition) is 1. The summed E-state index contributed by atoms with van der Waals surface area (Å²) in [7, 11) is 0. The second kappa shape index (κ2) is 5.00. The molecule has 0 unspecified atom stereocenters. The van der Waals surface area contributed by atoms with E-state index in [4.69, 9.17) is 5.11 Å². The molecule has 2 heteroatoms. The van der Waals surface area contributed by atoms with Gasteiger partial charge in [-0.05, 0) is 0 Å². The molecule has 1 N–H and O–H groups in total. The number of aliphatic hydroxyl groups excluding tert-OH is 1. The Labute approximate surface area is 86.3 Å². The Morgan fingerprint density at radius 3 is 2.70 bits per heavy atom. The molecule has 0 aliphatic heterocycles. The van der Waals surface area contributed by atoms with E-state index in [2.05, 4.69) is 6.07 Å². The van der Waals surface area contributed by atoms with E-state index in [9.17, 15) is 0 Å². The molecule has 1 nitrogen and oxygen atoms in total. The van der Waals surface area contributed by atoms with E-state index in [0.717, 1.165) is 11.1 Å². The summed E-state index contributed by atoms with van der Waals surface area (Å²) in [5.41, 5.74) is 2.02. The molecule has 0 aliphatic rings. The fourth-order valence-electron chi connectivity index (χ4n) is 0.736. The Hall–Kier alpha value is 0.284. The van der Waals surface area contributed by atoms with E-state index in [0.29, 0.717) is 0 Å². The topological polar surface area (TPSA) is 20.2 Å². The van der Waals surface area contributed by atoms with Crippen LogP contribution in [0.15, 0.2) is 18.2 Å². The molecule has 1 radical (unpaired) electrons. The number of benzene rings is 1. The molecule has 1 aromatic carbocycles. The number of aryl methyl sites for hydroxylation is 1. The molecule has 1 aromatic rings. The molecular formula is C8H9OY-. The molecule has 0 saturated heterocycles. The SMILES string of the molecule is Cc1cc[c-]c(CO)c1.[Y]. The zero-order valence-electron chi connectivity index (χ0n) is 5.96. The van der Waals surface area contributed by atoms with Crippen molar-refractivity contribution in [3.05, 3.63) is 35.4 Å². The van der Waals surface area contributed by atoms with Gasteiger partial charge in [-0.2, -0.15) is 29.8 Å². The van der Waals surface area contributed by atoms with E-state index < -0.39 is 0 Å². The van der Waals surface area contributed by atoms with E-state index in [-0.39, 0.29) is 39.3 Å². The van der Waals surface area contributed by atoms with Crippen LogP contribution in [0, 0.1) is 13.0 Å². The fraction of sp³-hybridized carbons (Fsp3) is 0.250. The molecule has 0 saturated carbocycles. The zero-order valence-corrected chi connectivity index (χ0v) is 8.80. The average molecular weight is 210 g/mol. The molecule has 0 aromatic heterocycles. The van der Waals surface area contributed by atoms with Crippen molar-refractivity contribution in [2.75, 3.05) is 0 Å². The maximum Gasteiger partial charge on any atom is 0.0457 e. The summed E-state index contributed by atoms with van der Waals surface area (Å²) in [6.07, 6.45) is 0. The van der Waals surface area contributed by atoms with E-state index >= 15 is 0 Å². The van der Waals surface area contributed by atoms with Crippen LogP contribution in [-0.2, 0) is 39.3 Å². The normalized spacial score (nSPS) is 8.60. The Kier molecular flexibility index (Phi) is 5.15. The van der Waals surface area contributed by atoms with Gasteiger partial charge in [0.15, 0.2) is 0 Å². The van der Waals surface area contributed by atoms with Gasteiger partial charge in [0.2, 0.25) is 0 Å². The van der Waals surface area contributed by atoms with Crippen LogP contribution in [0.4, 0.5) is 0 Å². The minimum absolute atomic E-state index is 0. The van der Waals surface area contributed by atoms with Crippen molar-refractivity contribution in [1.29, 1.82) is 0 Å². The van der Waals surface area contributed by atoms with E-state index in [1.807, 2.05) is 25.1 Å². The average Bonchev–Trinajstić information content (AvgIpc) is 1.88. The molecule has 0 amide bonds. The first-order valence-corrected chi connectivity index (χ1v) is 2.91. The summed E-state index contributed by atoms with van der Waals surface area (Å²) >= 11 is 0. The van der Waals surface area contributed by atoms with Gasteiger partial charge in [0.1, 0.15) is 0 Å². The smallest absolute Gasteiger partial charge is 0.0457 e. The molecule has 0 heterocycles. The first-order chi connectivity index (χ1) is 4.33. The van der Waals surface area contributed by atoms with Crippen molar-refractivity contribution >= 4 is 0 Å². The summed E-state index contributed by atoms with van der Waals surface area (Å²) in [5, 5.41) is 8.63. The van der Waals surface area contributed by atoms with Crippen LogP contribution in [0.25, 0.3) is 0 Å². The van der Waals surface area contributed by atoms with Crippen molar-refractivity contribution < 1.29 is 37.8 Å². The molecule has 51 valence electrons. The van der Waals surface area contributed by atoms with Gasteiger partial charge >= 0.3 is 0 Å². The second-order valence-electron chi connectivity index (χ2n) is 2.05. The van der Waals surface area contributed by atoms with Gasteiger partial charge in [0, 0.05) is 39.3 Å². The molecular weight excluding hydrogens is 201 g/mol. The van der Waals surface area contributed by atoms with Crippen molar-refractivity contribution in [3.8, 4) is 0 Å². The van der Waals surface area contributed by atoms with E-state index in [1.54, 1.807) is 0 Å². The van der Waals surface area contributed by atoms with Crippen LogP contribution in [0.3, 0.4) is 0 Å². The summed E-state index contributed by atoms with van der Waals surface area (Å²) in [5.74, 6) is 0. The number of rotatable bonds is 1. The van der Waals surface area contributed by atoms with Gasteiger partial charge in [-0.3, -0.25) is 0 Å².